The van der Waals surface area contributed by atoms with E-state index in [0.717, 1.165) is 5.69 Å². The predicted molar refractivity (Wildman–Crippen MR) is 55.2 cm³/mol. The van der Waals surface area contributed by atoms with Gasteiger partial charge >= 0.3 is 0 Å². The summed E-state index contributed by atoms with van der Waals surface area (Å²) in [6.07, 6.45) is 4.08. The van der Waals surface area contributed by atoms with Gasteiger partial charge < -0.3 is 5.73 Å². The van der Waals surface area contributed by atoms with Crippen LogP contribution in [-0.4, -0.2) is 5.91 Å². The highest BCUT2D eigenvalue weighted by molar-refractivity contribution is 5.81. The lowest BCUT2D eigenvalue weighted by Gasteiger charge is -2.24. The first-order valence-electron chi connectivity index (χ1n) is 4.36. The van der Waals surface area contributed by atoms with Crippen molar-refractivity contribution >= 4 is 17.3 Å². The summed E-state index contributed by atoms with van der Waals surface area (Å²) >= 11 is 0. The third-order valence-electron chi connectivity index (χ3n) is 1.97. The van der Waals surface area contributed by atoms with E-state index < -0.39 is 0 Å². The van der Waals surface area contributed by atoms with Gasteiger partial charge in [0.25, 0.3) is 0 Å². The van der Waals surface area contributed by atoms with Crippen LogP contribution in [-0.2, 0) is 4.79 Å². The summed E-state index contributed by atoms with van der Waals surface area (Å²) in [5.41, 5.74) is 9.88. The smallest absolute Gasteiger partial charge is 0.242 e. The number of anilines is 2. The molecule has 0 radical (unpaired) electrons. The summed E-state index contributed by atoms with van der Waals surface area (Å²) in [6.45, 7) is 0. The Labute approximate surface area is 82.0 Å². The van der Waals surface area contributed by atoms with Crippen LogP contribution in [0.1, 0.15) is 6.42 Å². The molecule has 3 N–H and O–H groups in total. The Kier molecular flexibility index (Phi) is 2.10. The summed E-state index contributed by atoms with van der Waals surface area (Å²) in [4.78, 5) is 11.1. The minimum atomic E-state index is -0.00988. The van der Waals surface area contributed by atoms with E-state index in [4.69, 9.17) is 5.73 Å². The van der Waals surface area contributed by atoms with Gasteiger partial charge in [-0.05, 0) is 24.3 Å². The second-order valence-corrected chi connectivity index (χ2v) is 3.09. The molecule has 14 heavy (non-hydrogen) atoms. The average molecular weight is 189 g/mol. The van der Waals surface area contributed by atoms with Gasteiger partial charge in [-0.15, -0.1) is 0 Å². The summed E-state index contributed by atoms with van der Waals surface area (Å²) in [5, 5.41) is 1.67. The maximum Gasteiger partial charge on any atom is 0.242 e. The quantitative estimate of drug-likeness (QED) is 0.648. The molecule has 72 valence electrons. The highest BCUT2D eigenvalue weighted by atomic mass is 16.2. The van der Waals surface area contributed by atoms with E-state index in [1.807, 2.05) is 24.4 Å². The Hall–Kier alpha value is -1.97. The third kappa shape index (κ3) is 1.69. The number of hydrogen-bond donors (Lipinski definition) is 2. The lowest BCUT2D eigenvalue weighted by atomic mass is 10.2. The van der Waals surface area contributed by atoms with Crippen LogP contribution in [0.3, 0.4) is 0 Å². The highest BCUT2D eigenvalue weighted by Crippen LogP contribution is 2.16. The SMILES string of the molecule is Nc1ccc(N2C=CCC(=O)N2)cc1. The number of nitrogens with two attached hydrogens (primary N) is 1. The number of carbonyl (C=O) groups excluding carboxylic acids is 1. The Balaban J connectivity index is 2.22. The maximum atomic E-state index is 11.1. The molecule has 0 aliphatic carbocycles. The molecular formula is C10H11N3O. The molecule has 1 aliphatic heterocycles. The topological polar surface area (TPSA) is 58.4 Å². The first-order valence-corrected chi connectivity index (χ1v) is 4.36. The molecule has 0 atom stereocenters. The normalized spacial score (nSPS) is 15.4. The molecular weight excluding hydrogens is 178 g/mol. The van der Waals surface area contributed by atoms with Crippen molar-refractivity contribution in [1.82, 2.24) is 5.43 Å². The molecule has 1 aromatic carbocycles. The number of nitrogens with zero attached hydrogens (tertiary/aromatic N) is 1. The molecule has 4 heteroatoms. The number of amides is 1. The number of nitrogen functional groups attached to an aromatic ring is 1. The Bertz CT molecular complexity index is 369. The van der Waals surface area contributed by atoms with E-state index in [0.29, 0.717) is 12.1 Å². The van der Waals surface area contributed by atoms with Gasteiger partial charge in [-0.3, -0.25) is 15.2 Å². The van der Waals surface area contributed by atoms with Crippen molar-refractivity contribution < 1.29 is 4.79 Å². The van der Waals surface area contributed by atoms with Gasteiger partial charge in [-0.25, -0.2) is 0 Å². The van der Waals surface area contributed by atoms with Crippen LogP contribution in [0, 0.1) is 0 Å². The molecule has 1 aliphatic rings. The zero-order valence-corrected chi connectivity index (χ0v) is 7.60. The van der Waals surface area contributed by atoms with Crippen molar-refractivity contribution in [1.29, 1.82) is 0 Å². The van der Waals surface area contributed by atoms with Crippen LogP contribution in [0.5, 0.6) is 0 Å². The van der Waals surface area contributed by atoms with Crippen LogP contribution in [0.2, 0.25) is 0 Å². The van der Waals surface area contributed by atoms with Crippen molar-refractivity contribution in [3.63, 3.8) is 0 Å². The van der Waals surface area contributed by atoms with E-state index in [-0.39, 0.29) is 5.91 Å². The molecule has 0 saturated heterocycles. The van der Waals surface area contributed by atoms with E-state index in [1.54, 1.807) is 17.1 Å². The van der Waals surface area contributed by atoms with Gasteiger partial charge in [0.15, 0.2) is 0 Å². The predicted octanol–water partition coefficient (Wildman–Crippen LogP) is 1.02. The van der Waals surface area contributed by atoms with Crippen LogP contribution in [0.4, 0.5) is 11.4 Å². The lowest BCUT2D eigenvalue weighted by Crippen LogP contribution is -2.40. The van der Waals surface area contributed by atoms with Crippen molar-refractivity contribution in [2.24, 2.45) is 0 Å². The Morgan fingerprint density at radius 2 is 2.00 bits per heavy atom. The second kappa shape index (κ2) is 3.41. The van der Waals surface area contributed by atoms with Crippen LogP contribution < -0.4 is 16.2 Å². The van der Waals surface area contributed by atoms with Crippen LogP contribution in [0.15, 0.2) is 36.5 Å². The molecule has 0 aromatic heterocycles. The molecule has 0 bridgehead atoms. The molecule has 2 rings (SSSR count). The molecule has 1 heterocycles. The highest BCUT2D eigenvalue weighted by Gasteiger charge is 2.10. The lowest BCUT2D eigenvalue weighted by molar-refractivity contribution is -0.120. The zero-order valence-electron chi connectivity index (χ0n) is 7.60. The molecule has 4 nitrogen and oxygen atoms in total. The molecule has 0 spiro atoms. The third-order valence-corrected chi connectivity index (χ3v) is 1.97. The largest absolute Gasteiger partial charge is 0.399 e. The number of carbonyl (C=O) groups is 1. The van der Waals surface area contributed by atoms with Gasteiger partial charge in [0, 0.05) is 18.3 Å². The molecule has 1 amide bonds. The van der Waals surface area contributed by atoms with E-state index in [2.05, 4.69) is 5.43 Å². The summed E-state index contributed by atoms with van der Waals surface area (Å²) in [5.74, 6) is -0.00988. The first kappa shape index (κ1) is 8.62. The van der Waals surface area contributed by atoms with Crippen molar-refractivity contribution in [2.75, 3.05) is 10.7 Å². The van der Waals surface area contributed by atoms with Gasteiger partial charge in [0.2, 0.25) is 5.91 Å². The summed E-state index contributed by atoms with van der Waals surface area (Å²) in [6, 6.07) is 7.30. The fourth-order valence-corrected chi connectivity index (χ4v) is 1.27. The number of nitrogens with one attached hydrogen (secondary N) is 1. The fourth-order valence-electron chi connectivity index (χ4n) is 1.27. The molecule has 0 fully saturated rings. The van der Waals surface area contributed by atoms with Gasteiger partial charge in [0.1, 0.15) is 0 Å². The maximum absolute atomic E-state index is 11.1. The van der Waals surface area contributed by atoms with Crippen LogP contribution in [0.25, 0.3) is 0 Å². The number of hydrazine groups is 1. The monoisotopic (exact) mass is 189 g/mol. The number of benzene rings is 1. The zero-order chi connectivity index (χ0) is 9.97. The second-order valence-electron chi connectivity index (χ2n) is 3.09. The molecule has 0 unspecified atom stereocenters. The molecule has 1 aromatic rings. The van der Waals surface area contributed by atoms with E-state index in [9.17, 15) is 4.79 Å². The van der Waals surface area contributed by atoms with Crippen molar-refractivity contribution in [3.05, 3.63) is 36.5 Å². The average Bonchev–Trinajstić information content (AvgIpc) is 2.19. The van der Waals surface area contributed by atoms with E-state index in [1.165, 1.54) is 0 Å². The fraction of sp³-hybridized carbons (Fsp3) is 0.100. The van der Waals surface area contributed by atoms with Crippen molar-refractivity contribution in [3.8, 4) is 0 Å². The van der Waals surface area contributed by atoms with Gasteiger partial charge in [-0.2, -0.15) is 0 Å². The van der Waals surface area contributed by atoms with E-state index >= 15 is 0 Å². The first-order chi connectivity index (χ1) is 6.75. The Morgan fingerprint density at radius 1 is 1.29 bits per heavy atom. The van der Waals surface area contributed by atoms with Gasteiger partial charge in [0.05, 0.1) is 5.69 Å². The summed E-state index contributed by atoms with van der Waals surface area (Å²) < 4.78 is 0. The minimum Gasteiger partial charge on any atom is -0.399 e. The van der Waals surface area contributed by atoms with Crippen molar-refractivity contribution in [2.45, 2.75) is 6.42 Å². The minimum absolute atomic E-state index is 0.00988. The number of hydrogen-bond acceptors (Lipinski definition) is 3. The van der Waals surface area contributed by atoms with Gasteiger partial charge in [-0.1, -0.05) is 6.08 Å². The standard InChI is InChI=1S/C10H11N3O/c11-8-3-5-9(6-4-8)13-7-1-2-10(14)12-13/h1,3-7H,2,11H2,(H,12,14). The molecule has 0 saturated carbocycles. The Morgan fingerprint density at radius 3 is 2.64 bits per heavy atom. The number of rotatable bonds is 1. The summed E-state index contributed by atoms with van der Waals surface area (Å²) in [7, 11) is 0. The van der Waals surface area contributed by atoms with Crippen LogP contribution >= 0.6 is 0 Å².